The molecule has 0 aliphatic heterocycles. The highest BCUT2D eigenvalue weighted by molar-refractivity contribution is 6.07. The number of aromatic nitrogens is 1. The molecule has 1 amide bonds. The van der Waals surface area contributed by atoms with Gasteiger partial charge in [0.15, 0.2) is 0 Å². The summed E-state index contributed by atoms with van der Waals surface area (Å²) < 4.78 is 0. The van der Waals surface area contributed by atoms with Crippen LogP contribution in [0.25, 0.3) is 22.2 Å². The van der Waals surface area contributed by atoms with E-state index >= 15 is 0 Å². The zero-order valence-electron chi connectivity index (χ0n) is 16.1. The molecule has 3 aromatic carbocycles. The van der Waals surface area contributed by atoms with Crippen molar-refractivity contribution in [1.82, 2.24) is 10.3 Å². The number of rotatable bonds is 3. The van der Waals surface area contributed by atoms with Gasteiger partial charge < -0.3 is 5.32 Å². The van der Waals surface area contributed by atoms with E-state index in [0.29, 0.717) is 5.56 Å². The van der Waals surface area contributed by atoms with Gasteiger partial charge in [-0.25, -0.2) is 4.98 Å². The summed E-state index contributed by atoms with van der Waals surface area (Å²) in [6.45, 7) is 0. The van der Waals surface area contributed by atoms with Crippen LogP contribution in [0.4, 0.5) is 0 Å². The van der Waals surface area contributed by atoms with Gasteiger partial charge in [-0.05, 0) is 42.5 Å². The predicted octanol–water partition coefficient (Wildman–Crippen LogP) is 5.71. The number of hydrogen-bond donors (Lipinski definition) is 1. The van der Waals surface area contributed by atoms with E-state index in [0.717, 1.165) is 41.4 Å². The highest BCUT2D eigenvalue weighted by Crippen LogP contribution is 2.31. The van der Waals surface area contributed by atoms with Crippen molar-refractivity contribution in [1.29, 1.82) is 0 Å². The Labute approximate surface area is 170 Å². The molecule has 1 atom stereocenters. The van der Waals surface area contributed by atoms with Crippen LogP contribution in [-0.4, -0.2) is 10.9 Å². The van der Waals surface area contributed by atoms with Gasteiger partial charge in [0.1, 0.15) is 0 Å². The molecule has 0 spiro atoms. The maximum absolute atomic E-state index is 13.4. The Kier molecular flexibility index (Phi) is 4.57. The number of para-hydroxylation sites is 1. The molecule has 0 radical (unpaired) electrons. The second kappa shape index (κ2) is 7.51. The molecule has 0 saturated heterocycles. The number of fused-ring (bicyclic) bond motifs is 2. The van der Waals surface area contributed by atoms with E-state index in [9.17, 15) is 4.79 Å². The summed E-state index contributed by atoms with van der Waals surface area (Å²) in [5, 5.41) is 4.18. The number of carbonyl (C=O) groups excluding carboxylic acids is 1. The first-order chi connectivity index (χ1) is 14.3. The predicted molar refractivity (Wildman–Crippen MR) is 117 cm³/mol. The van der Waals surface area contributed by atoms with Gasteiger partial charge in [0.25, 0.3) is 5.91 Å². The fraction of sp³-hybridized carbons (Fsp3) is 0.154. The Balaban J connectivity index is 1.55. The molecule has 4 aromatic rings. The molecule has 1 aliphatic carbocycles. The Bertz CT molecular complexity index is 1180. The number of aryl methyl sites for hydroxylation is 1. The highest BCUT2D eigenvalue weighted by Gasteiger charge is 2.23. The van der Waals surface area contributed by atoms with Gasteiger partial charge in [-0.1, -0.05) is 72.8 Å². The van der Waals surface area contributed by atoms with E-state index < -0.39 is 0 Å². The summed E-state index contributed by atoms with van der Waals surface area (Å²) in [6.07, 6.45) is 3.14. The molecular weight excluding hydrogens is 356 g/mol. The third-order valence-corrected chi connectivity index (χ3v) is 5.71. The Morgan fingerprint density at radius 1 is 0.897 bits per heavy atom. The summed E-state index contributed by atoms with van der Waals surface area (Å²) in [4.78, 5) is 18.2. The van der Waals surface area contributed by atoms with Crippen molar-refractivity contribution in [2.75, 3.05) is 0 Å². The highest BCUT2D eigenvalue weighted by atomic mass is 16.1. The number of amides is 1. The first-order valence-electron chi connectivity index (χ1n) is 10.1. The average molecular weight is 378 g/mol. The molecule has 0 bridgehead atoms. The lowest BCUT2D eigenvalue weighted by molar-refractivity contribution is 0.0934. The topological polar surface area (TPSA) is 42.0 Å². The van der Waals surface area contributed by atoms with Crippen LogP contribution >= 0.6 is 0 Å². The van der Waals surface area contributed by atoms with Gasteiger partial charge in [0.05, 0.1) is 22.8 Å². The summed E-state index contributed by atoms with van der Waals surface area (Å²) in [7, 11) is 0. The zero-order valence-corrected chi connectivity index (χ0v) is 16.1. The van der Waals surface area contributed by atoms with E-state index in [1.807, 2.05) is 60.7 Å². The SMILES string of the molecule is O=C(NC1CCCc2ccccc21)c1cc(-c2ccccc2)nc2ccccc12. The molecule has 1 unspecified atom stereocenters. The number of hydrogen-bond acceptors (Lipinski definition) is 2. The standard InChI is InChI=1S/C26H22N2O/c29-26(28-23-16-8-12-18-9-4-5-13-20(18)23)22-17-25(19-10-2-1-3-11-19)27-24-15-7-6-14-21(22)24/h1-7,9-11,13-15,17,23H,8,12,16H2,(H,28,29). The summed E-state index contributed by atoms with van der Waals surface area (Å²) in [5.74, 6) is -0.0394. The number of carbonyl (C=O) groups is 1. The minimum absolute atomic E-state index is 0.0394. The van der Waals surface area contributed by atoms with Crippen molar-refractivity contribution in [3.05, 3.63) is 102 Å². The molecular formula is C26H22N2O. The van der Waals surface area contributed by atoms with Crippen LogP contribution in [0, 0.1) is 0 Å². The molecule has 142 valence electrons. The fourth-order valence-electron chi connectivity index (χ4n) is 4.26. The molecule has 1 aliphatic rings. The average Bonchev–Trinajstić information content (AvgIpc) is 2.79. The normalized spacial score (nSPS) is 15.7. The maximum Gasteiger partial charge on any atom is 0.252 e. The van der Waals surface area contributed by atoms with Crippen molar-refractivity contribution in [3.63, 3.8) is 0 Å². The summed E-state index contributed by atoms with van der Waals surface area (Å²) in [6, 6.07) is 28.3. The van der Waals surface area contributed by atoms with Crippen molar-refractivity contribution >= 4 is 16.8 Å². The van der Waals surface area contributed by atoms with Crippen LogP contribution in [0.3, 0.4) is 0 Å². The lowest BCUT2D eigenvalue weighted by Crippen LogP contribution is -2.31. The first-order valence-corrected chi connectivity index (χ1v) is 10.1. The van der Waals surface area contributed by atoms with E-state index in [4.69, 9.17) is 4.98 Å². The number of benzene rings is 3. The molecule has 5 rings (SSSR count). The molecule has 1 heterocycles. The lowest BCUT2D eigenvalue weighted by Gasteiger charge is -2.26. The second-order valence-electron chi connectivity index (χ2n) is 7.56. The molecule has 0 fully saturated rings. The van der Waals surface area contributed by atoms with Gasteiger partial charge >= 0.3 is 0 Å². The van der Waals surface area contributed by atoms with Crippen molar-refractivity contribution in [2.45, 2.75) is 25.3 Å². The van der Waals surface area contributed by atoms with Gasteiger partial charge in [-0.15, -0.1) is 0 Å². The largest absolute Gasteiger partial charge is 0.345 e. The van der Waals surface area contributed by atoms with E-state index in [1.165, 1.54) is 11.1 Å². The molecule has 3 nitrogen and oxygen atoms in total. The van der Waals surface area contributed by atoms with Gasteiger partial charge in [-0.2, -0.15) is 0 Å². The minimum atomic E-state index is -0.0394. The van der Waals surface area contributed by atoms with Crippen LogP contribution < -0.4 is 5.32 Å². The molecule has 3 heteroatoms. The van der Waals surface area contributed by atoms with Crippen molar-refractivity contribution in [2.24, 2.45) is 0 Å². The van der Waals surface area contributed by atoms with E-state index in [-0.39, 0.29) is 11.9 Å². The smallest absolute Gasteiger partial charge is 0.252 e. The molecule has 1 aromatic heterocycles. The van der Waals surface area contributed by atoms with Crippen LogP contribution in [0.15, 0.2) is 84.9 Å². The van der Waals surface area contributed by atoms with Crippen molar-refractivity contribution < 1.29 is 4.79 Å². The molecule has 29 heavy (non-hydrogen) atoms. The summed E-state index contributed by atoms with van der Waals surface area (Å²) >= 11 is 0. The van der Waals surface area contributed by atoms with E-state index in [1.54, 1.807) is 0 Å². The lowest BCUT2D eigenvalue weighted by atomic mass is 9.87. The Hall–Kier alpha value is -3.46. The van der Waals surface area contributed by atoms with Gasteiger partial charge in [0, 0.05) is 10.9 Å². The van der Waals surface area contributed by atoms with Crippen LogP contribution in [0.1, 0.15) is 40.4 Å². The monoisotopic (exact) mass is 378 g/mol. The number of nitrogens with one attached hydrogen (secondary N) is 1. The van der Waals surface area contributed by atoms with Crippen LogP contribution in [-0.2, 0) is 6.42 Å². The first kappa shape index (κ1) is 17.6. The van der Waals surface area contributed by atoms with Crippen LogP contribution in [0.2, 0.25) is 0 Å². The quantitative estimate of drug-likeness (QED) is 0.496. The fourth-order valence-corrected chi connectivity index (χ4v) is 4.26. The van der Waals surface area contributed by atoms with Gasteiger partial charge in [0.2, 0.25) is 0 Å². The zero-order chi connectivity index (χ0) is 19.6. The third-order valence-electron chi connectivity index (χ3n) is 5.71. The third kappa shape index (κ3) is 3.40. The van der Waals surface area contributed by atoms with E-state index in [2.05, 4.69) is 29.6 Å². The Morgan fingerprint density at radius 2 is 1.66 bits per heavy atom. The second-order valence-corrected chi connectivity index (χ2v) is 7.56. The number of nitrogens with zero attached hydrogens (tertiary/aromatic N) is 1. The van der Waals surface area contributed by atoms with Crippen molar-refractivity contribution in [3.8, 4) is 11.3 Å². The van der Waals surface area contributed by atoms with Crippen LogP contribution in [0.5, 0.6) is 0 Å². The van der Waals surface area contributed by atoms with Gasteiger partial charge in [-0.3, -0.25) is 4.79 Å². The minimum Gasteiger partial charge on any atom is -0.345 e. The number of pyridine rings is 1. The Morgan fingerprint density at radius 3 is 2.55 bits per heavy atom. The molecule has 0 saturated carbocycles. The summed E-state index contributed by atoms with van der Waals surface area (Å²) in [5.41, 5.74) is 5.93. The maximum atomic E-state index is 13.4. The molecule has 1 N–H and O–H groups in total.